The molecule has 0 N–H and O–H groups in total. The number of anilines is 1. The van der Waals surface area contributed by atoms with Crippen molar-refractivity contribution in [1.82, 2.24) is 20.0 Å². The Morgan fingerprint density at radius 2 is 1.90 bits per heavy atom. The SMILES string of the molecule is Cc1onc(-c2ccc(F)cc2)c1C(=O)N1CCN(c2nc3cccnc3s2)CC1. The van der Waals surface area contributed by atoms with Gasteiger partial charge in [0.1, 0.15) is 33.2 Å². The fraction of sp³-hybridized carbons (Fsp3) is 0.238. The van der Waals surface area contributed by atoms with Crippen molar-refractivity contribution < 1.29 is 13.7 Å². The highest BCUT2D eigenvalue weighted by atomic mass is 32.1. The van der Waals surface area contributed by atoms with E-state index < -0.39 is 0 Å². The van der Waals surface area contributed by atoms with Gasteiger partial charge in [-0.2, -0.15) is 0 Å². The molecule has 1 amide bonds. The quantitative estimate of drug-likeness (QED) is 0.500. The zero-order chi connectivity index (χ0) is 20.7. The van der Waals surface area contributed by atoms with Crippen molar-refractivity contribution in [2.24, 2.45) is 0 Å². The van der Waals surface area contributed by atoms with E-state index in [0.29, 0.717) is 48.8 Å². The summed E-state index contributed by atoms with van der Waals surface area (Å²) in [6.45, 7) is 4.21. The van der Waals surface area contributed by atoms with Gasteiger partial charge in [0.25, 0.3) is 5.91 Å². The molecule has 1 aliphatic heterocycles. The predicted molar refractivity (Wildman–Crippen MR) is 112 cm³/mol. The Balaban J connectivity index is 1.34. The van der Waals surface area contributed by atoms with Gasteiger partial charge in [-0.25, -0.2) is 14.4 Å². The van der Waals surface area contributed by atoms with Crippen molar-refractivity contribution >= 4 is 32.7 Å². The van der Waals surface area contributed by atoms with Crippen LogP contribution in [0.4, 0.5) is 9.52 Å². The Morgan fingerprint density at radius 1 is 1.13 bits per heavy atom. The number of carbonyl (C=O) groups excluding carboxylic acids is 1. The minimum atomic E-state index is -0.340. The molecule has 1 aromatic carbocycles. The predicted octanol–water partition coefficient (Wildman–Crippen LogP) is 3.76. The van der Waals surface area contributed by atoms with Gasteiger partial charge >= 0.3 is 0 Å². The molecule has 4 heterocycles. The van der Waals surface area contributed by atoms with E-state index in [9.17, 15) is 9.18 Å². The zero-order valence-electron chi connectivity index (χ0n) is 16.2. The number of amides is 1. The van der Waals surface area contributed by atoms with Crippen LogP contribution in [0.1, 0.15) is 16.1 Å². The van der Waals surface area contributed by atoms with Crippen LogP contribution in [-0.2, 0) is 0 Å². The van der Waals surface area contributed by atoms with Crippen molar-refractivity contribution in [3.63, 3.8) is 0 Å². The molecule has 7 nitrogen and oxygen atoms in total. The number of fused-ring (bicyclic) bond motifs is 1. The summed E-state index contributed by atoms with van der Waals surface area (Å²) in [6.07, 6.45) is 1.76. The number of halogens is 1. The summed E-state index contributed by atoms with van der Waals surface area (Å²) < 4.78 is 18.6. The van der Waals surface area contributed by atoms with E-state index in [1.54, 1.807) is 41.5 Å². The number of pyridine rings is 1. The fourth-order valence-electron chi connectivity index (χ4n) is 3.58. The molecule has 1 fully saturated rings. The van der Waals surface area contributed by atoms with E-state index in [1.165, 1.54) is 12.1 Å². The minimum absolute atomic E-state index is 0.126. The first-order chi connectivity index (χ1) is 14.6. The second-order valence-corrected chi connectivity index (χ2v) is 8.03. The first-order valence-electron chi connectivity index (χ1n) is 9.58. The third-order valence-corrected chi connectivity index (χ3v) is 6.23. The van der Waals surface area contributed by atoms with Crippen molar-refractivity contribution in [2.45, 2.75) is 6.92 Å². The van der Waals surface area contributed by atoms with E-state index >= 15 is 0 Å². The molecule has 152 valence electrons. The first kappa shape index (κ1) is 18.7. The lowest BCUT2D eigenvalue weighted by Crippen LogP contribution is -2.49. The van der Waals surface area contributed by atoms with Gasteiger partial charge in [0.15, 0.2) is 5.13 Å². The summed E-state index contributed by atoms with van der Waals surface area (Å²) in [6, 6.07) is 9.72. The Hall–Kier alpha value is -3.33. The topological polar surface area (TPSA) is 75.4 Å². The highest BCUT2D eigenvalue weighted by molar-refractivity contribution is 7.21. The number of piperazine rings is 1. The van der Waals surface area contributed by atoms with Crippen LogP contribution in [0, 0.1) is 12.7 Å². The maximum atomic E-state index is 13.3. The summed E-state index contributed by atoms with van der Waals surface area (Å²) in [5.74, 6) is -0.00861. The highest BCUT2D eigenvalue weighted by Gasteiger charge is 2.29. The number of benzene rings is 1. The molecule has 0 atom stereocenters. The number of rotatable bonds is 3. The molecule has 0 aliphatic carbocycles. The van der Waals surface area contributed by atoms with Gasteiger partial charge in [0, 0.05) is 37.9 Å². The van der Waals surface area contributed by atoms with Crippen LogP contribution in [0.2, 0.25) is 0 Å². The lowest BCUT2D eigenvalue weighted by molar-refractivity contribution is 0.0745. The second kappa shape index (κ2) is 7.49. The number of carbonyl (C=O) groups is 1. The lowest BCUT2D eigenvalue weighted by atomic mass is 10.0. The number of aromatic nitrogens is 3. The maximum absolute atomic E-state index is 13.3. The van der Waals surface area contributed by atoms with Crippen LogP contribution in [0.3, 0.4) is 0 Å². The number of thiazole rings is 1. The fourth-order valence-corrected chi connectivity index (χ4v) is 4.54. The summed E-state index contributed by atoms with van der Waals surface area (Å²) >= 11 is 1.56. The Kier molecular flexibility index (Phi) is 4.66. The zero-order valence-corrected chi connectivity index (χ0v) is 17.0. The average molecular weight is 423 g/mol. The van der Waals surface area contributed by atoms with Gasteiger partial charge in [0.2, 0.25) is 0 Å². The van der Waals surface area contributed by atoms with Gasteiger partial charge in [-0.15, -0.1) is 0 Å². The van der Waals surface area contributed by atoms with Gasteiger partial charge in [0.05, 0.1) is 0 Å². The third-order valence-electron chi connectivity index (χ3n) is 5.19. The summed E-state index contributed by atoms with van der Waals surface area (Å²) in [5, 5.41) is 4.97. The molecule has 0 bridgehead atoms. The third kappa shape index (κ3) is 3.30. The first-order valence-corrected chi connectivity index (χ1v) is 10.4. The van der Waals surface area contributed by atoms with E-state index in [0.717, 1.165) is 15.5 Å². The molecule has 5 rings (SSSR count). The summed E-state index contributed by atoms with van der Waals surface area (Å²) in [4.78, 5) is 27.1. The van der Waals surface area contributed by atoms with Crippen LogP contribution in [0.15, 0.2) is 47.1 Å². The molecule has 4 aromatic rings. The number of hydrogen-bond donors (Lipinski definition) is 0. The molecular weight excluding hydrogens is 405 g/mol. The summed E-state index contributed by atoms with van der Waals surface area (Å²) in [5.41, 5.74) is 2.41. The van der Waals surface area contributed by atoms with Gasteiger partial charge in [-0.3, -0.25) is 4.79 Å². The Bertz CT molecular complexity index is 1180. The van der Waals surface area contributed by atoms with Crippen LogP contribution in [0.25, 0.3) is 21.6 Å². The van der Waals surface area contributed by atoms with E-state index in [2.05, 4.69) is 20.0 Å². The van der Waals surface area contributed by atoms with Gasteiger partial charge in [-0.05, 0) is 43.3 Å². The van der Waals surface area contributed by atoms with Crippen molar-refractivity contribution in [3.8, 4) is 11.3 Å². The van der Waals surface area contributed by atoms with Crippen LogP contribution >= 0.6 is 11.3 Å². The minimum Gasteiger partial charge on any atom is -0.360 e. The van der Waals surface area contributed by atoms with Crippen molar-refractivity contribution in [2.75, 3.05) is 31.1 Å². The van der Waals surface area contributed by atoms with Crippen LogP contribution < -0.4 is 4.90 Å². The van der Waals surface area contributed by atoms with Crippen molar-refractivity contribution in [3.05, 3.63) is 59.7 Å². The maximum Gasteiger partial charge on any atom is 0.259 e. The average Bonchev–Trinajstić information content (AvgIpc) is 3.37. The van der Waals surface area contributed by atoms with E-state index in [-0.39, 0.29) is 11.7 Å². The Morgan fingerprint density at radius 3 is 2.63 bits per heavy atom. The molecule has 0 spiro atoms. The normalized spacial score (nSPS) is 14.5. The van der Waals surface area contributed by atoms with Gasteiger partial charge in [-0.1, -0.05) is 16.5 Å². The molecule has 1 saturated heterocycles. The molecule has 0 unspecified atom stereocenters. The summed E-state index contributed by atoms with van der Waals surface area (Å²) in [7, 11) is 0. The van der Waals surface area contributed by atoms with E-state index in [4.69, 9.17) is 4.52 Å². The van der Waals surface area contributed by atoms with Crippen LogP contribution in [0.5, 0.6) is 0 Å². The highest BCUT2D eigenvalue weighted by Crippen LogP contribution is 2.29. The standard InChI is InChI=1S/C21H18FN5O2S/c1-13-17(18(25-29-13)14-4-6-15(22)7-5-14)20(28)26-9-11-27(12-10-26)21-24-16-3-2-8-23-19(16)30-21/h2-8H,9-12H2,1H3. The molecule has 0 radical (unpaired) electrons. The molecular formula is C21H18FN5O2S. The lowest BCUT2D eigenvalue weighted by Gasteiger charge is -2.34. The molecule has 0 saturated carbocycles. The molecule has 3 aromatic heterocycles. The van der Waals surface area contributed by atoms with Gasteiger partial charge < -0.3 is 14.3 Å². The molecule has 1 aliphatic rings. The molecule has 30 heavy (non-hydrogen) atoms. The number of nitrogens with zero attached hydrogens (tertiary/aromatic N) is 5. The Labute approximate surface area is 175 Å². The van der Waals surface area contributed by atoms with Crippen LogP contribution in [-0.4, -0.2) is 52.1 Å². The number of hydrogen-bond acceptors (Lipinski definition) is 7. The van der Waals surface area contributed by atoms with Crippen molar-refractivity contribution in [1.29, 1.82) is 0 Å². The molecule has 9 heteroatoms. The monoisotopic (exact) mass is 423 g/mol. The second-order valence-electron chi connectivity index (χ2n) is 7.07. The largest absolute Gasteiger partial charge is 0.360 e. The van der Waals surface area contributed by atoms with E-state index in [1.807, 2.05) is 12.1 Å². The number of aryl methyl sites for hydroxylation is 1. The smallest absolute Gasteiger partial charge is 0.259 e.